The van der Waals surface area contributed by atoms with Gasteiger partial charge in [0.25, 0.3) is 5.91 Å². The van der Waals surface area contributed by atoms with Gasteiger partial charge in [0.2, 0.25) is 0 Å². The number of likely N-dealkylation sites (N-methyl/N-ethyl adjacent to an activating group) is 1. The quantitative estimate of drug-likeness (QED) is 0.478. The van der Waals surface area contributed by atoms with Crippen molar-refractivity contribution in [2.75, 3.05) is 39.5 Å². The van der Waals surface area contributed by atoms with Crippen molar-refractivity contribution in [2.24, 2.45) is 4.99 Å². The van der Waals surface area contributed by atoms with Crippen molar-refractivity contribution in [1.82, 2.24) is 20.1 Å². The van der Waals surface area contributed by atoms with Crippen molar-refractivity contribution in [3.8, 4) is 10.6 Å². The van der Waals surface area contributed by atoms with Crippen LogP contribution < -0.4 is 11.1 Å². The maximum atomic E-state index is 14.1. The average molecular weight is 450 g/mol. The number of amidine groups is 1. The molecule has 1 aliphatic heterocycles. The van der Waals surface area contributed by atoms with Crippen LogP contribution in [-0.2, 0) is 0 Å². The topological polar surface area (TPSA) is 111 Å². The first-order valence-corrected chi connectivity index (χ1v) is 10.5. The number of nitrogens with one attached hydrogen (secondary N) is 2. The molecule has 8 nitrogen and oxygen atoms in total. The number of aromatic nitrogens is 1. The Hall–Kier alpha value is -2.92. The number of rotatable bonds is 5. The first kappa shape index (κ1) is 22.8. The highest BCUT2D eigenvalue weighted by Gasteiger charge is 2.30. The molecule has 1 fully saturated rings. The van der Waals surface area contributed by atoms with Gasteiger partial charge in [-0.15, -0.1) is 0 Å². The SMILES string of the molecule is CN=C(C(C=N)NC(=O)c1nc(-c2c(F)cccc2F)sc1N)N1CCN(C)CC1C. The number of thiazole rings is 1. The van der Waals surface area contributed by atoms with Crippen LogP contribution in [0.5, 0.6) is 0 Å². The number of nitrogens with two attached hydrogens (primary N) is 1. The van der Waals surface area contributed by atoms with Crippen LogP contribution in [0.1, 0.15) is 17.4 Å². The van der Waals surface area contributed by atoms with E-state index in [-0.39, 0.29) is 27.3 Å². The second-order valence-electron chi connectivity index (χ2n) is 7.33. The number of piperazine rings is 1. The minimum Gasteiger partial charge on any atom is -0.389 e. The van der Waals surface area contributed by atoms with E-state index in [1.165, 1.54) is 6.07 Å². The first-order chi connectivity index (χ1) is 14.8. The number of nitrogen functional groups attached to an aromatic ring is 1. The number of benzene rings is 1. The molecule has 2 aromatic rings. The fourth-order valence-electron chi connectivity index (χ4n) is 3.62. The highest BCUT2D eigenvalue weighted by atomic mass is 32.1. The lowest BCUT2D eigenvalue weighted by Crippen LogP contribution is -2.58. The van der Waals surface area contributed by atoms with E-state index in [0.717, 1.165) is 42.8 Å². The van der Waals surface area contributed by atoms with E-state index in [9.17, 15) is 13.6 Å². The van der Waals surface area contributed by atoms with E-state index in [1.807, 2.05) is 7.05 Å². The minimum atomic E-state index is -0.793. The molecule has 11 heteroatoms. The van der Waals surface area contributed by atoms with E-state index < -0.39 is 23.6 Å². The molecule has 31 heavy (non-hydrogen) atoms. The molecule has 166 valence electrons. The second kappa shape index (κ2) is 9.48. The number of hydrogen-bond donors (Lipinski definition) is 3. The summed E-state index contributed by atoms with van der Waals surface area (Å²) in [4.78, 5) is 25.5. The normalized spacial score (nSPS) is 18.7. The largest absolute Gasteiger partial charge is 0.389 e. The fourth-order valence-corrected chi connectivity index (χ4v) is 4.50. The summed E-state index contributed by atoms with van der Waals surface area (Å²) in [5.41, 5.74) is 5.46. The standard InChI is InChI=1S/C20H25F2N7OS/c1-11-10-28(3)7-8-29(11)18(25-2)14(9-23)26-19(30)16-17(24)31-20(27-16)15-12(21)5-4-6-13(15)22/h4-6,9,11,14,23H,7-8,10,24H2,1-3H3,(H,26,30). The summed E-state index contributed by atoms with van der Waals surface area (Å²) < 4.78 is 28.2. The number of carbonyl (C=O) groups excluding carboxylic acids is 1. The maximum Gasteiger partial charge on any atom is 0.273 e. The molecule has 0 aliphatic carbocycles. The zero-order chi connectivity index (χ0) is 22.7. The van der Waals surface area contributed by atoms with Crippen molar-refractivity contribution in [1.29, 1.82) is 5.41 Å². The van der Waals surface area contributed by atoms with Crippen LogP contribution in [0.3, 0.4) is 0 Å². The Balaban J connectivity index is 1.83. The molecule has 3 rings (SSSR count). The molecule has 0 bridgehead atoms. The highest BCUT2D eigenvalue weighted by Crippen LogP contribution is 2.33. The zero-order valence-electron chi connectivity index (χ0n) is 17.5. The lowest BCUT2D eigenvalue weighted by Gasteiger charge is -2.41. The summed E-state index contributed by atoms with van der Waals surface area (Å²) in [5.74, 6) is -1.67. The van der Waals surface area contributed by atoms with Gasteiger partial charge in [-0.1, -0.05) is 17.4 Å². The Labute approximate surface area is 183 Å². The third kappa shape index (κ3) is 4.72. The highest BCUT2D eigenvalue weighted by molar-refractivity contribution is 7.19. The summed E-state index contributed by atoms with van der Waals surface area (Å²) in [6, 6.07) is 2.83. The van der Waals surface area contributed by atoms with Gasteiger partial charge in [0.1, 0.15) is 33.5 Å². The molecule has 0 spiro atoms. The summed E-state index contributed by atoms with van der Waals surface area (Å²) in [7, 11) is 3.65. The van der Waals surface area contributed by atoms with Gasteiger partial charge in [-0.3, -0.25) is 9.79 Å². The maximum absolute atomic E-state index is 14.1. The van der Waals surface area contributed by atoms with Gasteiger partial charge in [-0.2, -0.15) is 0 Å². The van der Waals surface area contributed by atoms with Crippen molar-refractivity contribution in [3.63, 3.8) is 0 Å². The minimum absolute atomic E-state index is 0.0262. The number of hydrogen-bond acceptors (Lipinski definition) is 7. The first-order valence-electron chi connectivity index (χ1n) is 9.70. The van der Waals surface area contributed by atoms with Gasteiger partial charge in [0.15, 0.2) is 5.69 Å². The molecule has 1 aromatic carbocycles. The van der Waals surface area contributed by atoms with E-state index >= 15 is 0 Å². The third-order valence-electron chi connectivity index (χ3n) is 5.13. The second-order valence-corrected chi connectivity index (χ2v) is 8.36. The van der Waals surface area contributed by atoms with Crippen LogP contribution >= 0.6 is 11.3 Å². The fraction of sp³-hybridized carbons (Fsp3) is 0.400. The summed E-state index contributed by atoms with van der Waals surface area (Å²) >= 11 is 0.824. The lowest BCUT2D eigenvalue weighted by molar-refractivity contribution is 0.0946. The Kier molecular flexibility index (Phi) is 6.96. The van der Waals surface area contributed by atoms with Gasteiger partial charge >= 0.3 is 0 Å². The van der Waals surface area contributed by atoms with Crippen LogP contribution in [0.4, 0.5) is 13.8 Å². The van der Waals surface area contributed by atoms with E-state index in [1.54, 1.807) is 7.05 Å². The molecule has 0 radical (unpaired) electrons. The third-order valence-corrected chi connectivity index (χ3v) is 6.03. The molecule has 2 atom stereocenters. The monoisotopic (exact) mass is 449 g/mol. The average Bonchev–Trinajstić information content (AvgIpc) is 3.10. The Morgan fingerprint density at radius 1 is 1.42 bits per heavy atom. The smallest absolute Gasteiger partial charge is 0.273 e. The Bertz CT molecular complexity index is 989. The number of anilines is 1. The van der Waals surface area contributed by atoms with Crippen molar-refractivity contribution < 1.29 is 13.6 Å². The number of nitrogens with zero attached hydrogens (tertiary/aromatic N) is 4. The number of aliphatic imine (C=N–C) groups is 1. The summed E-state index contributed by atoms with van der Waals surface area (Å²) in [6.45, 7) is 4.42. The number of amides is 1. The molecule has 1 aliphatic rings. The molecule has 2 heterocycles. The van der Waals surface area contributed by atoms with Gasteiger partial charge in [-0.25, -0.2) is 13.8 Å². The summed E-state index contributed by atoms with van der Waals surface area (Å²) in [6.07, 6.45) is 1.09. The van der Waals surface area contributed by atoms with E-state index in [2.05, 4.69) is 32.0 Å². The molecule has 4 N–H and O–H groups in total. The van der Waals surface area contributed by atoms with Gasteiger partial charge < -0.3 is 26.3 Å². The Morgan fingerprint density at radius 3 is 2.68 bits per heavy atom. The molecular formula is C20H25F2N7OS. The molecular weight excluding hydrogens is 424 g/mol. The van der Waals surface area contributed by atoms with E-state index in [4.69, 9.17) is 11.1 Å². The van der Waals surface area contributed by atoms with Gasteiger partial charge in [0.05, 0.1) is 5.56 Å². The molecule has 1 aromatic heterocycles. The van der Waals surface area contributed by atoms with Crippen molar-refractivity contribution >= 4 is 34.3 Å². The van der Waals surface area contributed by atoms with Gasteiger partial charge in [-0.05, 0) is 26.1 Å². The van der Waals surface area contributed by atoms with E-state index in [0.29, 0.717) is 12.4 Å². The van der Waals surface area contributed by atoms with Gasteiger partial charge in [0, 0.05) is 38.9 Å². The lowest BCUT2D eigenvalue weighted by atomic mass is 10.1. The zero-order valence-corrected chi connectivity index (χ0v) is 18.3. The van der Waals surface area contributed by atoms with Crippen LogP contribution in [-0.4, -0.2) is 78.6 Å². The Morgan fingerprint density at radius 2 is 2.10 bits per heavy atom. The predicted octanol–water partition coefficient (Wildman–Crippen LogP) is 2.08. The van der Waals surface area contributed by atoms with Crippen molar-refractivity contribution in [2.45, 2.75) is 19.0 Å². The summed E-state index contributed by atoms with van der Waals surface area (Å²) in [5, 5.41) is 10.5. The number of carbonyl (C=O) groups is 1. The molecule has 2 unspecified atom stereocenters. The molecule has 1 saturated heterocycles. The molecule has 1 amide bonds. The predicted molar refractivity (Wildman–Crippen MR) is 119 cm³/mol. The van der Waals surface area contributed by atoms with Crippen LogP contribution in [0.25, 0.3) is 10.6 Å². The molecule has 0 saturated carbocycles. The van der Waals surface area contributed by atoms with Crippen LogP contribution in [0, 0.1) is 17.0 Å². The van der Waals surface area contributed by atoms with Crippen LogP contribution in [0.15, 0.2) is 23.2 Å². The van der Waals surface area contributed by atoms with Crippen LogP contribution in [0.2, 0.25) is 0 Å². The van der Waals surface area contributed by atoms with Crippen molar-refractivity contribution in [3.05, 3.63) is 35.5 Å². The number of halogens is 2.